The number of imide groups is 2. The monoisotopic (exact) mass is 543 g/mol. The average molecular weight is 545 g/mol. The van der Waals surface area contributed by atoms with Gasteiger partial charge < -0.3 is 10.1 Å². The van der Waals surface area contributed by atoms with E-state index in [0.29, 0.717) is 32.1 Å². The summed E-state index contributed by atoms with van der Waals surface area (Å²) in [5.41, 5.74) is 0.906. The maximum atomic E-state index is 13.0. The largest absolute Gasteiger partial charge is 0.484 e. The van der Waals surface area contributed by atoms with Crippen molar-refractivity contribution in [1.82, 2.24) is 5.32 Å². The van der Waals surface area contributed by atoms with Gasteiger partial charge in [0.05, 0.1) is 15.7 Å². The van der Waals surface area contributed by atoms with E-state index in [2.05, 4.69) is 10.6 Å². The van der Waals surface area contributed by atoms with Gasteiger partial charge in [-0.15, -0.1) is 0 Å². The topological polar surface area (TPSA) is 105 Å². The fourth-order valence-electron chi connectivity index (χ4n) is 3.26. The smallest absolute Gasteiger partial charge is 0.335 e. The van der Waals surface area contributed by atoms with Crippen molar-refractivity contribution in [2.45, 2.75) is 0 Å². The van der Waals surface area contributed by atoms with E-state index in [-0.39, 0.29) is 17.9 Å². The third-order valence-corrected chi connectivity index (χ3v) is 5.92. The van der Waals surface area contributed by atoms with Gasteiger partial charge in [-0.1, -0.05) is 46.9 Å². The maximum Gasteiger partial charge on any atom is 0.335 e. The van der Waals surface area contributed by atoms with Crippen LogP contribution in [0.1, 0.15) is 5.56 Å². The Balaban J connectivity index is 1.47. The number of hydrogen-bond donors (Lipinski definition) is 2. The first-order valence-electron chi connectivity index (χ1n) is 10.4. The Morgan fingerprint density at radius 2 is 1.69 bits per heavy atom. The molecule has 3 aromatic carbocycles. The van der Waals surface area contributed by atoms with Crippen LogP contribution in [-0.2, 0) is 14.4 Å². The van der Waals surface area contributed by atoms with Gasteiger partial charge >= 0.3 is 6.03 Å². The zero-order valence-electron chi connectivity index (χ0n) is 18.3. The number of carbonyl (C=O) groups is 4. The van der Waals surface area contributed by atoms with E-state index in [1.807, 2.05) is 0 Å². The summed E-state index contributed by atoms with van der Waals surface area (Å²) in [5.74, 6) is -1.74. The Bertz CT molecular complexity index is 1410. The highest BCUT2D eigenvalue weighted by Gasteiger charge is 2.36. The molecule has 1 heterocycles. The second-order valence-electron chi connectivity index (χ2n) is 7.47. The number of nitrogens with one attached hydrogen (secondary N) is 2. The van der Waals surface area contributed by atoms with Crippen LogP contribution in [0.3, 0.4) is 0 Å². The van der Waals surface area contributed by atoms with Crippen molar-refractivity contribution in [3.63, 3.8) is 0 Å². The van der Waals surface area contributed by atoms with E-state index in [9.17, 15) is 19.2 Å². The van der Waals surface area contributed by atoms with Crippen molar-refractivity contribution in [2.24, 2.45) is 0 Å². The molecule has 0 aromatic heterocycles. The molecule has 0 bridgehead atoms. The molecular weight excluding hydrogens is 529 g/mol. The van der Waals surface area contributed by atoms with Gasteiger partial charge in [0.1, 0.15) is 11.3 Å². The fraction of sp³-hybridized carbons (Fsp3) is 0.0400. The van der Waals surface area contributed by atoms with Crippen LogP contribution < -0.4 is 20.3 Å². The predicted octanol–water partition coefficient (Wildman–Crippen LogP) is 5.33. The van der Waals surface area contributed by atoms with Crippen LogP contribution in [0.5, 0.6) is 5.75 Å². The van der Waals surface area contributed by atoms with Crippen molar-refractivity contribution < 1.29 is 23.9 Å². The van der Waals surface area contributed by atoms with Crippen LogP contribution in [0.25, 0.3) is 6.08 Å². The summed E-state index contributed by atoms with van der Waals surface area (Å²) in [6, 6.07) is 16.3. The number of rotatable bonds is 6. The minimum absolute atomic E-state index is 0.251. The molecule has 182 valence electrons. The van der Waals surface area contributed by atoms with Crippen LogP contribution in [0.15, 0.2) is 72.3 Å². The fourth-order valence-corrected chi connectivity index (χ4v) is 3.69. The summed E-state index contributed by atoms with van der Waals surface area (Å²) in [6.07, 6.45) is 1.33. The Hall–Kier alpha value is -3.85. The zero-order chi connectivity index (χ0) is 25.8. The average Bonchev–Trinajstić information content (AvgIpc) is 2.84. The first-order valence-corrected chi connectivity index (χ1v) is 11.5. The van der Waals surface area contributed by atoms with E-state index in [1.54, 1.807) is 36.4 Å². The van der Waals surface area contributed by atoms with Gasteiger partial charge in [0, 0.05) is 10.7 Å². The van der Waals surface area contributed by atoms with Crippen LogP contribution in [-0.4, -0.2) is 30.4 Å². The van der Waals surface area contributed by atoms with Gasteiger partial charge in [0.25, 0.3) is 17.7 Å². The molecule has 36 heavy (non-hydrogen) atoms. The lowest BCUT2D eigenvalue weighted by Gasteiger charge is -2.26. The molecule has 1 saturated heterocycles. The number of benzene rings is 3. The van der Waals surface area contributed by atoms with Crippen LogP contribution in [0.4, 0.5) is 16.2 Å². The summed E-state index contributed by atoms with van der Waals surface area (Å²) >= 11 is 17.7. The number of urea groups is 1. The summed E-state index contributed by atoms with van der Waals surface area (Å²) in [6.45, 7) is -0.307. The quantitative estimate of drug-likeness (QED) is 0.322. The standard InChI is InChI=1S/C25H16Cl3N3O5/c26-15-4-7-17(8-5-15)31-24(34)19(23(33)30-25(31)35)11-14-2-1-3-18(10-14)36-13-22(32)29-16-6-9-20(27)21(28)12-16/h1-12H,13H2,(H,29,32)(H,30,33,35)/b19-11-. The van der Waals surface area contributed by atoms with E-state index in [4.69, 9.17) is 39.5 Å². The van der Waals surface area contributed by atoms with Crippen molar-refractivity contribution in [3.8, 4) is 5.75 Å². The lowest BCUT2D eigenvalue weighted by Crippen LogP contribution is -2.54. The van der Waals surface area contributed by atoms with Gasteiger partial charge in [-0.05, 0) is 66.2 Å². The number of barbiturate groups is 1. The van der Waals surface area contributed by atoms with E-state index >= 15 is 0 Å². The zero-order valence-corrected chi connectivity index (χ0v) is 20.5. The first kappa shape index (κ1) is 25.2. The Morgan fingerprint density at radius 3 is 2.42 bits per heavy atom. The molecule has 1 aliphatic rings. The van der Waals surface area contributed by atoms with Crippen LogP contribution >= 0.6 is 34.8 Å². The summed E-state index contributed by atoms with van der Waals surface area (Å²) in [7, 11) is 0. The molecule has 0 aliphatic carbocycles. The summed E-state index contributed by atoms with van der Waals surface area (Å²) in [5, 5.41) is 5.88. The molecule has 3 aromatic rings. The molecule has 2 N–H and O–H groups in total. The SMILES string of the molecule is O=C(COc1cccc(/C=C2/C(=O)NC(=O)N(c3ccc(Cl)cc3)C2=O)c1)Nc1ccc(Cl)c(Cl)c1. The van der Waals surface area contributed by atoms with Crippen LogP contribution in [0.2, 0.25) is 15.1 Å². The molecule has 0 radical (unpaired) electrons. The van der Waals surface area contributed by atoms with Crippen LogP contribution in [0, 0.1) is 0 Å². The number of carbonyl (C=O) groups excluding carboxylic acids is 4. The second kappa shape index (κ2) is 10.8. The molecule has 1 aliphatic heterocycles. The molecule has 11 heteroatoms. The van der Waals surface area contributed by atoms with Crippen molar-refractivity contribution in [1.29, 1.82) is 0 Å². The Morgan fingerprint density at radius 1 is 0.944 bits per heavy atom. The molecule has 0 unspecified atom stereocenters. The number of hydrogen-bond acceptors (Lipinski definition) is 5. The number of halogens is 3. The van der Waals surface area contributed by atoms with Crippen molar-refractivity contribution in [2.75, 3.05) is 16.8 Å². The molecule has 0 spiro atoms. The highest BCUT2D eigenvalue weighted by atomic mass is 35.5. The van der Waals surface area contributed by atoms with Gasteiger partial charge in [-0.2, -0.15) is 0 Å². The molecule has 4 rings (SSSR count). The summed E-state index contributed by atoms with van der Waals surface area (Å²) in [4.78, 5) is 50.8. The first-order chi connectivity index (χ1) is 17.2. The lowest BCUT2D eigenvalue weighted by atomic mass is 10.1. The number of amides is 5. The lowest BCUT2D eigenvalue weighted by molar-refractivity contribution is -0.122. The van der Waals surface area contributed by atoms with Gasteiger partial charge in [-0.25, -0.2) is 9.69 Å². The van der Waals surface area contributed by atoms with Gasteiger partial charge in [0.15, 0.2) is 6.61 Å². The normalized spacial score (nSPS) is 14.6. The second-order valence-corrected chi connectivity index (χ2v) is 8.72. The number of anilines is 2. The van der Waals surface area contributed by atoms with E-state index in [1.165, 1.54) is 36.4 Å². The molecule has 0 saturated carbocycles. The van der Waals surface area contributed by atoms with Gasteiger partial charge in [0.2, 0.25) is 0 Å². The highest BCUT2D eigenvalue weighted by Crippen LogP contribution is 2.26. The van der Waals surface area contributed by atoms with E-state index in [0.717, 1.165) is 4.90 Å². The minimum Gasteiger partial charge on any atom is -0.484 e. The Labute approximate surface area is 220 Å². The molecule has 5 amide bonds. The Kier molecular flexibility index (Phi) is 7.59. The maximum absolute atomic E-state index is 13.0. The number of nitrogens with zero attached hydrogens (tertiary/aromatic N) is 1. The molecular formula is C25H16Cl3N3O5. The predicted molar refractivity (Wildman–Crippen MR) is 137 cm³/mol. The number of ether oxygens (including phenoxy) is 1. The molecule has 0 atom stereocenters. The summed E-state index contributed by atoms with van der Waals surface area (Å²) < 4.78 is 5.53. The molecule has 8 nitrogen and oxygen atoms in total. The third-order valence-electron chi connectivity index (χ3n) is 4.93. The minimum atomic E-state index is -0.866. The van der Waals surface area contributed by atoms with Crippen molar-refractivity contribution >= 4 is 76.0 Å². The van der Waals surface area contributed by atoms with Gasteiger partial charge in [-0.3, -0.25) is 19.7 Å². The van der Waals surface area contributed by atoms with Crippen molar-refractivity contribution in [3.05, 3.63) is 92.9 Å². The van der Waals surface area contributed by atoms with E-state index < -0.39 is 23.8 Å². The molecule has 1 fully saturated rings. The highest BCUT2D eigenvalue weighted by molar-refractivity contribution is 6.42. The third kappa shape index (κ3) is 5.85.